The molecule has 0 aliphatic heterocycles. The molecule has 0 aromatic heterocycles. The topological polar surface area (TPSA) is 23.8 Å². The normalized spacial score (nSPS) is 10.3. The van der Waals surface area contributed by atoms with Crippen LogP contribution in [0.2, 0.25) is 0 Å². The highest BCUT2D eigenvalue weighted by atomic mass is 31.1. The second-order valence-electron chi connectivity index (χ2n) is 2.06. The minimum absolute atomic E-state index is 0.273. The Labute approximate surface area is 66.6 Å². The zero-order valence-electron chi connectivity index (χ0n) is 6.06. The molecular weight excluding hydrogens is 160 g/mol. The summed E-state index contributed by atoms with van der Waals surface area (Å²) < 4.78 is 12.9. The van der Waals surface area contributed by atoms with Crippen LogP contribution in [0.1, 0.15) is 5.56 Å². The van der Waals surface area contributed by atoms with Crippen molar-refractivity contribution >= 4 is 13.9 Å². The van der Waals surface area contributed by atoms with Crippen LogP contribution in [0.4, 0.5) is 4.39 Å². The summed E-state index contributed by atoms with van der Waals surface area (Å²) in [6.07, 6.45) is 0. The van der Waals surface area contributed by atoms with Gasteiger partial charge < -0.3 is 0 Å². The van der Waals surface area contributed by atoms with Crippen LogP contribution >= 0.6 is 8.58 Å². The highest BCUT2D eigenvalue weighted by molar-refractivity contribution is 7.46. The lowest BCUT2D eigenvalue weighted by molar-refractivity contribution is 0.636. The molecule has 1 nitrogen and oxygen atoms in total. The first-order valence-corrected chi connectivity index (χ1v) is 4.65. The van der Waals surface area contributed by atoms with Crippen molar-refractivity contribution in [2.45, 2.75) is 0 Å². The second kappa shape index (κ2) is 3.46. The van der Waals surface area contributed by atoms with E-state index < -0.39 is 0 Å². The van der Waals surface area contributed by atoms with E-state index >= 15 is 0 Å². The summed E-state index contributed by atoms with van der Waals surface area (Å²) in [6, 6.07) is 6.44. The summed E-state index contributed by atoms with van der Waals surface area (Å²) in [6.45, 7) is 1.91. The molecule has 0 heterocycles. The molecule has 0 amide bonds. The van der Waals surface area contributed by atoms with Crippen LogP contribution < -0.4 is 5.30 Å². The van der Waals surface area contributed by atoms with Crippen LogP contribution in [0.25, 0.3) is 0 Å². The lowest BCUT2D eigenvalue weighted by Crippen LogP contribution is -2.00. The molecule has 0 aliphatic rings. The smallest absolute Gasteiger partial charge is 0.131 e. The molecule has 56 valence electrons. The summed E-state index contributed by atoms with van der Waals surface area (Å²) in [7, 11) is 0.442. The molecule has 1 unspecified atom stereocenters. The van der Waals surface area contributed by atoms with Crippen LogP contribution in [0, 0.1) is 17.1 Å². The van der Waals surface area contributed by atoms with Gasteiger partial charge in [-0.1, -0.05) is 14.6 Å². The Morgan fingerprint density at radius 2 is 2.27 bits per heavy atom. The fourth-order valence-electron chi connectivity index (χ4n) is 0.787. The lowest BCUT2D eigenvalue weighted by Gasteiger charge is -1.97. The molecule has 0 spiro atoms. The van der Waals surface area contributed by atoms with E-state index in [0.717, 1.165) is 0 Å². The standard InChI is InChI=1S/C8H7FNP/c1-11-8-3-2-6(5-10)4-7(8)9/h2-4,11H,1H3. The predicted molar refractivity (Wildman–Crippen MR) is 45.0 cm³/mol. The van der Waals surface area contributed by atoms with Crippen LogP contribution in [0.3, 0.4) is 0 Å². The fourth-order valence-corrected chi connectivity index (χ4v) is 1.35. The van der Waals surface area contributed by atoms with E-state index in [1.807, 2.05) is 12.7 Å². The molecule has 0 bridgehead atoms. The molecular formula is C8H7FNP. The van der Waals surface area contributed by atoms with E-state index in [0.29, 0.717) is 19.4 Å². The highest BCUT2D eigenvalue weighted by Crippen LogP contribution is 2.09. The zero-order valence-corrected chi connectivity index (χ0v) is 7.06. The van der Waals surface area contributed by atoms with E-state index in [1.165, 1.54) is 6.07 Å². The average Bonchev–Trinajstić information content (AvgIpc) is 2.04. The molecule has 0 saturated carbocycles. The molecule has 0 N–H and O–H groups in total. The quantitative estimate of drug-likeness (QED) is 0.583. The molecule has 1 atom stereocenters. The molecule has 1 aromatic rings. The fraction of sp³-hybridized carbons (Fsp3) is 0.125. The van der Waals surface area contributed by atoms with Gasteiger partial charge in [0.15, 0.2) is 0 Å². The molecule has 1 aromatic carbocycles. The van der Waals surface area contributed by atoms with Gasteiger partial charge in [0.25, 0.3) is 0 Å². The Morgan fingerprint density at radius 1 is 1.55 bits per heavy atom. The van der Waals surface area contributed by atoms with Crippen LogP contribution in [-0.2, 0) is 0 Å². The Balaban J connectivity index is 3.12. The van der Waals surface area contributed by atoms with Crippen LogP contribution in [0.5, 0.6) is 0 Å². The van der Waals surface area contributed by atoms with Gasteiger partial charge in [0, 0.05) is 5.30 Å². The Bertz CT molecular complexity index is 303. The second-order valence-corrected chi connectivity index (χ2v) is 3.10. The predicted octanol–water partition coefficient (Wildman–Crippen LogP) is 1.63. The first-order chi connectivity index (χ1) is 5.27. The zero-order chi connectivity index (χ0) is 8.27. The minimum atomic E-state index is -0.273. The van der Waals surface area contributed by atoms with Crippen LogP contribution in [0.15, 0.2) is 18.2 Å². The van der Waals surface area contributed by atoms with Crippen molar-refractivity contribution in [1.82, 2.24) is 0 Å². The Kier molecular flexibility index (Phi) is 2.57. The summed E-state index contributed by atoms with van der Waals surface area (Å²) in [4.78, 5) is 0. The Morgan fingerprint density at radius 3 is 2.73 bits per heavy atom. The van der Waals surface area contributed by atoms with Gasteiger partial charge in [-0.25, -0.2) is 4.39 Å². The number of rotatable bonds is 1. The van der Waals surface area contributed by atoms with Gasteiger partial charge in [-0.15, -0.1) is 0 Å². The third kappa shape index (κ3) is 1.76. The maximum atomic E-state index is 12.9. The van der Waals surface area contributed by atoms with Crippen molar-refractivity contribution in [2.24, 2.45) is 0 Å². The van der Waals surface area contributed by atoms with Gasteiger partial charge in [0.05, 0.1) is 11.6 Å². The number of hydrogen-bond acceptors (Lipinski definition) is 1. The van der Waals surface area contributed by atoms with Crippen molar-refractivity contribution in [2.75, 3.05) is 6.66 Å². The summed E-state index contributed by atoms with van der Waals surface area (Å²) in [5.41, 5.74) is 0.379. The van der Waals surface area contributed by atoms with E-state index in [2.05, 4.69) is 0 Å². The SMILES string of the molecule is CPc1ccc(C#N)cc1F. The summed E-state index contributed by atoms with van der Waals surface area (Å²) in [5, 5.41) is 9.10. The van der Waals surface area contributed by atoms with E-state index in [4.69, 9.17) is 5.26 Å². The molecule has 0 fully saturated rings. The van der Waals surface area contributed by atoms with E-state index in [-0.39, 0.29) is 5.82 Å². The molecule has 3 heteroatoms. The average molecular weight is 167 g/mol. The van der Waals surface area contributed by atoms with E-state index in [9.17, 15) is 4.39 Å². The largest absolute Gasteiger partial charge is 0.206 e. The Hall–Kier alpha value is -0.930. The van der Waals surface area contributed by atoms with Gasteiger partial charge in [-0.2, -0.15) is 5.26 Å². The van der Waals surface area contributed by atoms with Gasteiger partial charge in [-0.3, -0.25) is 0 Å². The third-order valence-corrected chi connectivity index (χ3v) is 2.31. The summed E-state index contributed by atoms with van der Waals surface area (Å²) in [5.74, 6) is -0.273. The first kappa shape index (κ1) is 8.17. The third-order valence-electron chi connectivity index (χ3n) is 1.37. The molecule has 0 saturated heterocycles. The maximum absolute atomic E-state index is 12.9. The first-order valence-electron chi connectivity index (χ1n) is 3.15. The monoisotopic (exact) mass is 167 g/mol. The van der Waals surface area contributed by atoms with Crippen molar-refractivity contribution in [1.29, 1.82) is 5.26 Å². The molecule has 1 rings (SSSR count). The highest BCUT2D eigenvalue weighted by Gasteiger charge is 1.99. The molecule has 0 aliphatic carbocycles. The van der Waals surface area contributed by atoms with Crippen molar-refractivity contribution in [3.63, 3.8) is 0 Å². The number of benzene rings is 1. The summed E-state index contributed by atoms with van der Waals surface area (Å²) >= 11 is 0. The van der Waals surface area contributed by atoms with Gasteiger partial charge in [-0.05, 0) is 18.8 Å². The molecule has 11 heavy (non-hydrogen) atoms. The number of halogens is 1. The van der Waals surface area contributed by atoms with Gasteiger partial charge in [0.2, 0.25) is 0 Å². The van der Waals surface area contributed by atoms with Gasteiger partial charge in [0.1, 0.15) is 5.82 Å². The van der Waals surface area contributed by atoms with Crippen molar-refractivity contribution in [3.8, 4) is 6.07 Å². The number of nitriles is 1. The minimum Gasteiger partial charge on any atom is -0.206 e. The molecule has 0 radical (unpaired) electrons. The van der Waals surface area contributed by atoms with Crippen LogP contribution in [-0.4, -0.2) is 6.66 Å². The van der Waals surface area contributed by atoms with Crippen molar-refractivity contribution < 1.29 is 4.39 Å². The number of nitrogens with zero attached hydrogens (tertiary/aromatic N) is 1. The number of hydrogen-bond donors (Lipinski definition) is 0. The van der Waals surface area contributed by atoms with Crippen molar-refractivity contribution in [3.05, 3.63) is 29.6 Å². The van der Waals surface area contributed by atoms with Gasteiger partial charge >= 0.3 is 0 Å². The maximum Gasteiger partial charge on any atom is 0.131 e. The lowest BCUT2D eigenvalue weighted by atomic mass is 10.2. The van der Waals surface area contributed by atoms with E-state index in [1.54, 1.807) is 12.1 Å².